The third-order valence-electron chi connectivity index (χ3n) is 11.0. The van der Waals surface area contributed by atoms with E-state index in [4.69, 9.17) is 15.0 Å². The summed E-state index contributed by atoms with van der Waals surface area (Å²) in [7, 11) is 0. The summed E-state index contributed by atoms with van der Waals surface area (Å²) in [5.74, 6) is 1.83. The predicted octanol–water partition coefficient (Wildman–Crippen LogP) is 12.4. The summed E-state index contributed by atoms with van der Waals surface area (Å²) in [4.78, 5) is 15.5. The molecule has 266 valence electrons. The lowest BCUT2D eigenvalue weighted by Crippen LogP contribution is -2.28. The van der Waals surface area contributed by atoms with Crippen molar-refractivity contribution in [2.75, 3.05) is 0 Å². The van der Waals surface area contributed by atoms with Crippen LogP contribution >= 0.6 is 0 Å². The summed E-state index contributed by atoms with van der Waals surface area (Å²) in [5, 5.41) is 9.74. The van der Waals surface area contributed by atoms with Crippen molar-refractivity contribution in [3.63, 3.8) is 0 Å². The molecule has 1 aliphatic rings. The van der Waals surface area contributed by atoms with Crippen molar-refractivity contribution in [2.45, 2.75) is 5.41 Å². The predicted molar refractivity (Wildman–Crippen MR) is 229 cm³/mol. The van der Waals surface area contributed by atoms with E-state index in [2.05, 4.69) is 158 Å². The molecule has 10 rings (SSSR count). The molecule has 1 aliphatic carbocycles. The number of hydrogen-bond donors (Lipinski definition) is 0. The molecule has 0 saturated carbocycles. The van der Waals surface area contributed by atoms with Gasteiger partial charge in [-0.15, -0.1) is 0 Å². The molecule has 0 bridgehead atoms. The first-order valence-corrected chi connectivity index (χ1v) is 19.1. The van der Waals surface area contributed by atoms with E-state index < -0.39 is 5.41 Å². The SMILES string of the molecule is N#Cc1cccc(-c2ccc3c(c2)C(c2ccccc2)(c2ccccc2)c2cc(-c4nc(-c5ccccc5)nc(-c5cccc(-c6ccccc6)c5)n4)ccc2-3)c1. The number of rotatable bonds is 7. The third-order valence-corrected chi connectivity index (χ3v) is 11.0. The van der Waals surface area contributed by atoms with E-state index in [9.17, 15) is 5.26 Å². The van der Waals surface area contributed by atoms with Crippen molar-refractivity contribution in [1.82, 2.24) is 15.0 Å². The van der Waals surface area contributed by atoms with Gasteiger partial charge in [0.1, 0.15) is 0 Å². The Bertz CT molecular complexity index is 2910. The first-order chi connectivity index (χ1) is 28.2. The molecule has 0 amide bonds. The van der Waals surface area contributed by atoms with E-state index in [-0.39, 0.29) is 0 Å². The van der Waals surface area contributed by atoms with Crippen molar-refractivity contribution in [3.8, 4) is 73.6 Å². The maximum Gasteiger partial charge on any atom is 0.164 e. The summed E-state index contributed by atoms with van der Waals surface area (Å²) >= 11 is 0. The number of benzene rings is 8. The lowest BCUT2D eigenvalue weighted by Gasteiger charge is -2.34. The summed E-state index contributed by atoms with van der Waals surface area (Å²) in [6.07, 6.45) is 0. The molecule has 0 atom stereocenters. The molecule has 0 N–H and O–H groups in total. The fraction of sp³-hybridized carbons (Fsp3) is 0.0189. The molecule has 4 nitrogen and oxygen atoms in total. The molecule has 9 aromatic rings. The van der Waals surface area contributed by atoms with Gasteiger partial charge in [0.05, 0.1) is 17.0 Å². The van der Waals surface area contributed by atoms with Gasteiger partial charge in [-0.1, -0.05) is 176 Å². The van der Waals surface area contributed by atoms with E-state index in [0.29, 0.717) is 23.0 Å². The summed E-state index contributed by atoms with van der Waals surface area (Å²) in [6.45, 7) is 0. The van der Waals surface area contributed by atoms with Crippen molar-refractivity contribution in [3.05, 3.63) is 234 Å². The minimum Gasteiger partial charge on any atom is -0.208 e. The molecule has 0 spiro atoms. The second kappa shape index (κ2) is 14.2. The van der Waals surface area contributed by atoms with Gasteiger partial charge in [0.2, 0.25) is 0 Å². The second-order valence-corrected chi connectivity index (χ2v) is 14.3. The van der Waals surface area contributed by atoms with E-state index in [0.717, 1.165) is 61.2 Å². The Kier molecular flexibility index (Phi) is 8.39. The molecule has 1 heterocycles. The van der Waals surface area contributed by atoms with Gasteiger partial charge in [0.15, 0.2) is 17.5 Å². The number of fused-ring (bicyclic) bond motifs is 3. The van der Waals surface area contributed by atoms with E-state index in [1.54, 1.807) is 0 Å². The molecule has 0 saturated heterocycles. The maximum absolute atomic E-state index is 9.74. The minimum absolute atomic E-state index is 0.603. The Morgan fingerprint density at radius 3 is 1.32 bits per heavy atom. The van der Waals surface area contributed by atoms with Crippen LogP contribution in [0.3, 0.4) is 0 Å². The van der Waals surface area contributed by atoms with Crippen molar-refractivity contribution in [1.29, 1.82) is 5.26 Å². The quantitative estimate of drug-likeness (QED) is 0.164. The highest BCUT2D eigenvalue weighted by molar-refractivity contribution is 5.90. The normalized spacial score (nSPS) is 12.3. The topological polar surface area (TPSA) is 62.5 Å². The fourth-order valence-electron chi connectivity index (χ4n) is 8.39. The van der Waals surface area contributed by atoms with E-state index >= 15 is 0 Å². The number of nitriles is 1. The molecule has 1 aromatic heterocycles. The zero-order valence-electron chi connectivity index (χ0n) is 30.9. The van der Waals surface area contributed by atoms with Crippen LogP contribution in [0, 0.1) is 11.3 Å². The Hall–Kier alpha value is -7.74. The Labute approximate surface area is 332 Å². The zero-order chi connectivity index (χ0) is 38.2. The number of aromatic nitrogens is 3. The average molecular weight is 727 g/mol. The van der Waals surface area contributed by atoms with Gasteiger partial charge in [0.25, 0.3) is 0 Å². The maximum atomic E-state index is 9.74. The Morgan fingerprint density at radius 1 is 0.333 bits per heavy atom. The van der Waals surface area contributed by atoms with E-state index in [1.807, 2.05) is 54.6 Å². The molecule has 57 heavy (non-hydrogen) atoms. The summed E-state index contributed by atoms with van der Waals surface area (Å²) < 4.78 is 0. The highest BCUT2D eigenvalue weighted by Crippen LogP contribution is 2.57. The monoisotopic (exact) mass is 726 g/mol. The van der Waals surface area contributed by atoms with Crippen LogP contribution in [0.4, 0.5) is 0 Å². The van der Waals surface area contributed by atoms with Crippen LogP contribution in [0.2, 0.25) is 0 Å². The van der Waals surface area contributed by atoms with Gasteiger partial charge >= 0.3 is 0 Å². The van der Waals surface area contributed by atoms with Crippen LogP contribution in [-0.4, -0.2) is 15.0 Å². The molecule has 0 unspecified atom stereocenters. The molecule has 0 radical (unpaired) electrons. The smallest absolute Gasteiger partial charge is 0.164 e. The van der Waals surface area contributed by atoms with Gasteiger partial charge in [0, 0.05) is 16.7 Å². The van der Waals surface area contributed by atoms with Crippen molar-refractivity contribution in [2.24, 2.45) is 0 Å². The van der Waals surface area contributed by atoms with Crippen LogP contribution in [-0.2, 0) is 5.41 Å². The molecule has 0 aliphatic heterocycles. The summed E-state index contributed by atoms with van der Waals surface area (Å²) in [6, 6.07) is 74.0. The van der Waals surface area contributed by atoms with Gasteiger partial charge in [-0.2, -0.15) is 5.26 Å². The van der Waals surface area contributed by atoms with Gasteiger partial charge in [-0.05, 0) is 86.0 Å². The molecular formula is C53H34N4. The van der Waals surface area contributed by atoms with Crippen LogP contribution in [0.15, 0.2) is 206 Å². The largest absolute Gasteiger partial charge is 0.208 e. The first kappa shape index (κ1) is 33.8. The summed E-state index contributed by atoms with van der Waals surface area (Å²) in [5.41, 5.74) is 14.0. The van der Waals surface area contributed by atoms with Crippen LogP contribution < -0.4 is 0 Å². The zero-order valence-corrected chi connectivity index (χ0v) is 30.9. The Balaban J connectivity index is 1.21. The molecular weight excluding hydrogens is 693 g/mol. The highest BCUT2D eigenvalue weighted by Gasteiger charge is 2.46. The number of hydrogen-bond acceptors (Lipinski definition) is 4. The third kappa shape index (κ3) is 5.90. The molecule has 8 aromatic carbocycles. The Morgan fingerprint density at radius 2 is 0.737 bits per heavy atom. The first-order valence-electron chi connectivity index (χ1n) is 19.1. The average Bonchev–Trinajstić information content (AvgIpc) is 3.60. The standard InChI is InChI=1S/C53H34N4/c54-35-36-15-13-20-39(31-36)41-27-29-46-47-30-28-43(34-49(47)53(48(46)33-41,44-23-9-3-10-24-44)45-25-11-4-12-26-45)52-56-50(38-18-7-2-8-19-38)55-51(57-52)42-22-14-21-40(32-42)37-16-5-1-6-17-37/h1-34H. The van der Waals surface area contributed by atoms with Gasteiger partial charge in [-0.3, -0.25) is 0 Å². The minimum atomic E-state index is -0.659. The van der Waals surface area contributed by atoms with Crippen LogP contribution in [0.5, 0.6) is 0 Å². The molecule has 0 fully saturated rings. The lowest BCUT2D eigenvalue weighted by molar-refractivity contribution is 0.769. The van der Waals surface area contributed by atoms with Gasteiger partial charge in [-0.25, -0.2) is 15.0 Å². The molecule has 4 heteroatoms. The van der Waals surface area contributed by atoms with Crippen molar-refractivity contribution < 1.29 is 0 Å². The lowest BCUT2D eigenvalue weighted by atomic mass is 9.67. The number of nitrogens with zero attached hydrogens (tertiary/aromatic N) is 4. The van der Waals surface area contributed by atoms with Gasteiger partial charge < -0.3 is 0 Å². The van der Waals surface area contributed by atoms with Crippen LogP contribution in [0.1, 0.15) is 27.8 Å². The van der Waals surface area contributed by atoms with Crippen LogP contribution in [0.25, 0.3) is 67.5 Å². The highest BCUT2D eigenvalue weighted by atomic mass is 15.0. The fourth-order valence-corrected chi connectivity index (χ4v) is 8.39. The second-order valence-electron chi connectivity index (χ2n) is 14.3. The van der Waals surface area contributed by atoms with E-state index in [1.165, 1.54) is 11.1 Å². The van der Waals surface area contributed by atoms with Crippen molar-refractivity contribution >= 4 is 0 Å².